The maximum Gasteiger partial charge on any atom is 0.165 e. The predicted octanol–water partition coefficient (Wildman–Crippen LogP) is 3.91. The predicted molar refractivity (Wildman–Crippen MR) is 115 cm³/mol. The van der Waals surface area contributed by atoms with Gasteiger partial charge >= 0.3 is 0 Å². The van der Waals surface area contributed by atoms with E-state index in [1.54, 1.807) is 0 Å². The number of nitrogens with two attached hydrogens (primary N) is 1. The summed E-state index contributed by atoms with van der Waals surface area (Å²) in [5.41, 5.74) is 11.3. The highest BCUT2D eigenvalue weighted by atomic mass is 15.2. The lowest BCUT2D eigenvalue weighted by Gasteiger charge is -2.32. The number of imidazole rings is 1. The number of rotatable bonds is 4. The maximum absolute atomic E-state index is 5.92. The Kier molecular flexibility index (Phi) is 4.69. The van der Waals surface area contributed by atoms with Gasteiger partial charge in [0.15, 0.2) is 11.5 Å². The largest absolute Gasteiger partial charge is 0.382 e. The van der Waals surface area contributed by atoms with Crippen LogP contribution in [0.1, 0.15) is 24.4 Å². The molecular weight excluding hydrogens is 360 g/mol. The fourth-order valence-corrected chi connectivity index (χ4v) is 4.18. The standard InChI is InChI=1S/C23H24N6/c24-22-21-23(26-15-25-22)29(16-27-21)20-10-12-28(13-11-20)14-17-6-8-19(9-7-17)18-4-2-1-3-5-18/h1-9,15-16,20H,10-14H2,(H2,24,25,26). The topological polar surface area (TPSA) is 72.9 Å². The van der Waals surface area contributed by atoms with Gasteiger partial charge in [-0.1, -0.05) is 54.6 Å². The molecule has 2 N–H and O–H groups in total. The summed E-state index contributed by atoms with van der Waals surface area (Å²) in [5.74, 6) is 0.449. The molecule has 0 bridgehead atoms. The Bertz CT molecular complexity index is 1100. The fourth-order valence-electron chi connectivity index (χ4n) is 4.18. The third-order valence-corrected chi connectivity index (χ3v) is 5.80. The molecule has 0 radical (unpaired) electrons. The molecule has 4 aromatic rings. The molecular formula is C23H24N6. The Labute approximate surface area is 170 Å². The van der Waals surface area contributed by atoms with Crippen LogP contribution in [0.4, 0.5) is 5.82 Å². The average Bonchev–Trinajstić information content (AvgIpc) is 3.21. The summed E-state index contributed by atoms with van der Waals surface area (Å²) >= 11 is 0. The summed E-state index contributed by atoms with van der Waals surface area (Å²) in [6.45, 7) is 3.11. The van der Waals surface area contributed by atoms with Crippen LogP contribution in [0.15, 0.2) is 67.3 Å². The third kappa shape index (κ3) is 3.59. The smallest absolute Gasteiger partial charge is 0.165 e. The SMILES string of the molecule is Nc1ncnc2c1ncn2C1CCN(Cc2ccc(-c3ccccc3)cc2)CC1. The minimum atomic E-state index is 0.408. The van der Waals surface area contributed by atoms with Gasteiger partial charge in [0.1, 0.15) is 11.8 Å². The van der Waals surface area contributed by atoms with Crippen molar-refractivity contribution in [1.29, 1.82) is 0 Å². The van der Waals surface area contributed by atoms with E-state index < -0.39 is 0 Å². The molecule has 0 saturated carbocycles. The van der Waals surface area contributed by atoms with E-state index in [1.165, 1.54) is 23.0 Å². The van der Waals surface area contributed by atoms with Crippen molar-refractivity contribution < 1.29 is 0 Å². The molecule has 1 saturated heterocycles. The number of hydrogen-bond donors (Lipinski definition) is 1. The van der Waals surface area contributed by atoms with Crippen molar-refractivity contribution in [3.63, 3.8) is 0 Å². The summed E-state index contributed by atoms with van der Waals surface area (Å²) in [5, 5.41) is 0. The van der Waals surface area contributed by atoms with E-state index in [2.05, 4.69) is 79.0 Å². The van der Waals surface area contributed by atoms with E-state index in [4.69, 9.17) is 5.73 Å². The van der Waals surface area contributed by atoms with Gasteiger partial charge < -0.3 is 10.3 Å². The van der Waals surface area contributed by atoms with Crippen LogP contribution in [0.5, 0.6) is 0 Å². The molecule has 0 amide bonds. The summed E-state index contributed by atoms with van der Waals surface area (Å²) in [6, 6.07) is 19.9. The van der Waals surface area contributed by atoms with E-state index in [1.807, 2.05) is 6.33 Å². The van der Waals surface area contributed by atoms with Crippen molar-refractivity contribution in [3.05, 3.63) is 72.8 Å². The molecule has 2 aromatic carbocycles. The van der Waals surface area contributed by atoms with Crippen molar-refractivity contribution >= 4 is 17.0 Å². The lowest BCUT2D eigenvalue weighted by Crippen LogP contribution is -2.34. The molecule has 0 unspecified atom stereocenters. The van der Waals surface area contributed by atoms with E-state index in [0.717, 1.165) is 38.1 Å². The number of likely N-dealkylation sites (tertiary alicyclic amines) is 1. The second kappa shape index (κ2) is 7.64. The van der Waals surface area contributed by atoms with Crippen LogP contribution in [-0.2, 0) is 6.54 Å². The molecule has 6 heteroatoms. The minimum absolute atomic E-state index is 0.408. The Hall–Kier alpha value is -3.25. The molecule has 6 nitrogen and oxygen atoms in total. The van der Waals surface area contributed by atoms with Gasteiger partial charge in [0.25, 0.3) is 0 Å². The number of nitrogen functional groups attached to an aromatic ring is 1. The van der Waals surface area contributed by atoms with E-state index in [0.29, 0.717) is 17.4 Å². The Balaban J connectivity index is 1.22. The summed E-state index contributed by atoms with van der Waals surface area (Å²) in [4.78, 5) is 15.4. The number of anilines is 1. The van der Waals surface area contributed by atoms with E-state index in [9.17, 15) is 0 Å². The van der Waals surface area contributed by atoms with Gasteiger partial charge in [0, 0.05) is 25.7 Å². The van der Waals surface area contributed by atoms with Crippen LogP contribution in [0.2, 0.25) is 0 Å². The molecule has 146 valence electrons. The van der Waals surface area contributed by atoms with Crippen LogP contribution >= 0.6 is 0 Å². The Morgan fingerprint density at radius 2 is 1.59 bits per heavy atom. The molecule has 3 heterocycles. The quantitative estimate of drug-likeness (QED) is 0.577. The van der Waals surface area contributed by atoms with Gasteiger partial charge in [-0.05, 0) is 29.5 Å². The lowest BCUT2D eigenvalue weighted by molar-refractivity contribution is 0.181. The number of benzene rings is 2. The zero-order valence-corrected chi connectivity index (χ0v) is 16.3. The first-order valence-electron chi connectivity index (χ1n) is 10.1. The second-order valence-electron chi connectivity index (χ2n) is 7.65. The van der Waals surface area contributed by atoms with Crippen molar-refractivity contribution in [2.24, 2.45) is 0 Å². The summed E-state index contributed by atoms with van der Waals surface area (Å²) < 4.78 is 2.17. The zero-order chi connectivity index (χ0) is 19.6. The monoisotopic (exact) mass is 384 g/mol. The second-order valence-corrected chi connectivity index (χ2v) is 7.65. The van der Waals surface area contributed by atoms with Gasteiger partial charge in [0.05, 0.1) is 6.33 Å². The van der Waals surface area contributed by atoms with Crippen molar-refractivity contribution in [2.45, 2.75) is 25.4 Å². The van der Waals surface area contributed by atoms with Crippen LogP contribution in [0.3, 0.4) is 0 Å². The van der Waals surface area contributed by atoms with Gasteiger partial charge in [0.2, 0.25) is 0 Å². The van der Waals surface area contributed by atoms with Crippen LogP contribution in [-0.4, -0.2) is 37.5 Å². The molecule has 1 aliphatic rings. The van der Waals surface area contributed by atoms with Crippen LogP contribution < -0.4 is 5.73 Å². The number of piperidine rings is 1. The third-order valence-electron chi connectivity index (χ3n) is 5.80. The van der Waals surface area contributed by atoms with Crippen molar-refractivity contribution in [3.8, 4) is 11.1 Å². The average molecular weight is 384 g/mol. The minimum Gasteiger partial charge on any atom is -0.382 e. The van der Waals surface area contributed by atoms with Crippen LogP contribution in [0, 0.1) is 0 Å². The van der Waals surface area contributed by atoms with E-state index >= 15 is 0 Å². The molecule has 2 aromatic heterocycles. The summed E-state index contributed by atoms with van der Waals surface area (Å²) in [6.07, 6.45) is 5.54. The van der Waals surface area contributed by atoms with Gasteiger partial charge in [-0.15, -0.1) is 0 Å². The first-order chi connectivity index (χ1) is 14.3. The molecule has 5 rings (SSSR count). The maximum atomic E-state index is 5.92. The molecule has 29 heavy (non-hydrogen) atoms. The zero-order valence-electron chi connectivity index (χ0n) is 16.3. The first kappa shape index (κ1) is 17.8. The molecule has 1 fully saturated rings. The summed E-state index contributed by atoms with van der Waals surface area (Å²) in [7, 11) is 0. The Morgan fingerprint density at radius 1 is 0.862 bits per heavy atom. The first-order valence-corrected chi connectivity index (χ1v) is 10.1. The highest BCUT2D eigenvalue weighted by Crippen LogP contribution is 2.28. The fraction of sp³-hybridized carbons (Fsp3) is 0.261. The number of fused-ring (bicyclic) bond motifs is 1. The molecule has 0 spiro atoms. The van der Waals surface area contributed by atoms with Gasteiger partial charge in [-0.3, -0.25) is 4.90 Å². The lowest BCUT2D eigenvalue weighted by atomic mass is 10.0. The number of aromatic nitrogens is 4. The number of nitrogens with zero attached hydrogens (tertiary/aromatic N) is 5. The van der Waals surface area contributed by atoms with Gasteiger partial charge in [-0.2, -0.15) is 0 Å². The Morgan fingerprint density at radius 3 is 2.34 bits per heavy atom. The van der Waals surface area contributed by atoms with E-state index in [-0.39, 0.29) is 0 Å². The molecule has 0 aliphatic carbocycles. The van der Waals surface area contributed by atoms with Crippen molar-refractivity contribution in [2.75, 3.05) is 18.8 Å². The number of hydrogen-bond acceptors (Lipinski definition) is 5. The molecule has 0 atom stereocenters. The normalized spacial score (nSPS) is 15.7. The highest BCUT2D eigenvalue weighted by molar-refractivity contribution is 5.81. The highest BCUT2D eigenvalue weighted by Gasteiger charge is 2.23. The molecule has 1 aliphatic heterocycles. The van der Waals surface area contributed by atoms with Crippen molar-refractivity contribution in [1.82, 2.24) is 24.4 Å². The van der Waals surface area contributed by atoms with Gasteiger partial charge in [-0.25, -0.2) is 15.0 Å². The van der Waals surface area contributed by atoms with Crippen LogP contribution in [0.25, 0.3) is 22.3 Å².